The Labute approximate surface area is 249 Å². The average molecular weight is 581 g/mol. The standard InChI is InChI=1S/C34H32N2O7/c1-18-15-27(38)26-17-25-22(29(31(26)32(18)39)23-8-7-21(37)16-28(23)42-2)9-10-24-30(25)34(41)36(33(24)40)20-5-3-19(4-6-20)35-11-13-43-14-12-35/h3-9,15-16,24-25,29-30,37H,10-14,17H2,1-2H3/t24-,25+,29+,30-/m0/s1. The number of ketones is 2. The van der Waals surface area contributed by atoms with E-state index in [0.29, 0.717) is 53.4 Å². The number of allylic oxidation sites excluding steroid dienone is 6. The Bertz CT molecular complexity index is 1660. The van der Waals surface area contributed by atoms with Gasteiger partial charge in [-0.2, -0.15) is 0 Å². The Morgan fingerprint density at radius 1 is 0.930 bits per heavy atom. The third-order valence-corrected chi connectivity index (χ3v) is 9.58. The Hall–Kier alpha value is -4.50. The van der Waals surface area contributed by atoms with Crippen molar-refractivity contribution in [2.75, 3.05) is 43.2 Å². The summed E-state index contributed by atoms with van der Waals surface area (Å²) in [5, 5.41) is 10.2. The van der Waals surface area contributed by atoms with Gasteiger partial charge in [0.2, 0.25) is 11.8 Å². The molecule has 9 heteroatoms. The Kier molecular flexibility index (Phi) is 6.58. The number of hydrogen-bond donors (Lipinski definition) is 1. The maximum absolute atomic E-state index is 14.2. The average Bonchev–Trinajstić information content (AvgIpc) is 3.28. The first kappa shape index (κ1) is 27.3. The largest absolute Gasteiger partial charge is 0.508 e. The van der Waals surface area contributed by atoms with Crippen LogP contribution in [0.1, 0.15) is 31.2 Å². The van der Waals surface area contributed by atoms with Gasteiger partial charge in [-0.15, -0.1) is 0 Å². The summed E-state index contributed by atoms with van der Waals surface area (Å²) in [7, 11) is 1.49. The fourth-order valence-corrected chi connectivity index (χ4v) is 7.54. The molecule has 0 unspecified atom stereocenters. The van der Waals surface area contributed by atoms with Crippen molar-refractivity contribution in [3.63, 3.8) is 0 Å². The first-order chi connectivity index (χ1) is 20.8. The highest BCUT2D eigenvalue weighted by Gasteiger charge is 2.56. The number of phenols is 1. The van der Waals surface area contributed by atoms with E-state index in [1.165, 1.54) is 30.2 Å². The highest BCUT2D eigenvalue weighted by Crippen LogP contribution is 2.56. The predicted octanol–water partition coefficient (Wildman–Crippen LogP) is 3.87. The van der Waals surface area contributed by atoms with E-state index in [2.05, 4.69) is 4.90 Å². The van der Waals surface area contributed by atoms with E-state index in [4.69, 9.17) is 9.47 Å². The van der Waals surface area contributed by atoms with Gasteiger partial charge in [0.15, 0.2) is 11.6 Å². The molecular formula is C34H32N2O7. The van der Waals surface area contributed by atoms with E-state index in [1.54, 1.807) is 13.0 Å². The van der Waals surface area contributed by atoms with Crippen LogP contribution < -0.4 is 14.5 Å². The van der Waals surface area contributed by atoms with Crippen LogP contribution in [0, 0.1) is 17.8 Å². The van der Waals surface area contributed by atoms with Gasteiger partial charge in [0.25, 0.3) is 0 Å². The van der Waals surface area contributed by atoms with Crippen molar-refractivity contribution in [2.24, 2.45) is 17.8 Å². The van der Waals surface area contributed by atoms with E-state index < -0.39 is 23.7 Å². The number of hydrogen-bond acceptors (Lipinski definition) is 8. The number of amides is 2. The van der Waals surface area contributed by atoms with Crippen LogP contribution in [0.2, 0.25) is 0 Å². The highest BCUT2D eigenvalue weighted by atomic mass is 16.5. The highest BCUT2D eigenvalue weighted by molar-refractivity contribution is 6.25. The fourth-order valence-electron chi connectivity index (χ4n) is 7.54. The summed E-state index contributed by atoms with van der Waals surface area (Å²) in [5.41, 5.74) is 4.13. The van der Waals surface area contributed by atoms with E-state index in [-0.39, 0.29) is 35.6 Å². The zero-order valence-corrected chi connectivity index (χ0v) is 24.0. The molecule has 0 saturated carbocycles. The number of anilines is 2. The van der Waals surface area contributed by atoms with Gasteiger partial charge in [-0.3, -0.25) is 24.1 Å². The normalized spacial score (nSPS) is 27.0. The summed E-state index contributed by atoms with van der Waals surface area (Å²) < 4.78 is 11.1. The number of fused-ring (bicyclic) bond motifs is 3. The van der Waals surface area contributed by atoms with Gasteiger partial charge in [-0.25, -0.2) is 0 Å². The first-order valence-corrected chi connectivity index (χ1v) is 14.7. The quantitative estimate of drug-likeness (QED) is 0.330. The van der Waals surface area contributed by atoms with Crippen molar-refractivity contribution in [1.82, 2.24) is 0 Å². The number of methoxy groups -OCH3 is 1. The number of benzene rings is 2. The third kappa shape index (κ3) is 4.25. The molecule has 0 bridgehead atoms. The third-order valence-electron chi connectivity index (χ3n) is 9.58. The maximum atomic E-state index is 14.2. The molecule has 0 spiro atoms. The Balaban J connectivity index is 1.28. The van der Waals surface area contributed by atoms with E-state index >= 15 is 0 Å². The molecule has 0 aromatic heterocycles. The van der Waals surface area contributed by atoms with E-state index in [0.717, 1.165) is 24.4 Å². The second-order valence-corrected chi connectivity index (χ2v) is 11.8. The Morgan fingerprint density at radius 2 is 1.65 bits per heavy atom. The molecule has 0 radical (unpaired) electrons. The summed E-state index contributed by atoms with van der Waals surface area (Å²) in [6.45, 7) is 4.50. The van der Waals surface area contributed by atoms with Crippen LogP contribution in [0.5, 0.6) is 11.5 Å². The molecular weight excluding hydrogens is 548 g/mol. The summed E-state index contributed by atoms with van der Waals surface area (Å²) in [6, 6.07) is 12.2. The van der Waals surface area contributed by atoms with E-state index in [9.17, 15) is 24.3 Å². The van der Waals surface area contributed by atoms with Crippen molar-refractivity contribution < 1.29 is 33.8 Å². The van der Waals surface area contributed by atoms with Gasteiger partial charge in [0.05, 0.1) is 37.8 Å². The van der Waals surface area contributed by atoms with Crippen molar-refractivity contribution >= 4 is 34.8 Å². The lowest BCUT2D eigenvalue weighted by Gasteiger charge is -2.42. The lowest BCUT2D eigenvalue weighted by molar-refractivity contribution is -0.123. The van der Waals surface area contributed by atoms with Gasteiger partial charge in [-0.05, 0) is 62.1 Å². The maximum Gasteiger partial charge on any atom is 0.238 e. The molecule has 2 aromatic rings. The second-order valence-electron chi connectivity index (χ2n) is 11.8. The van der Waals surface area contributed by atoms with Crippen molar-refractivity contribution in [2.45, 2.75) is 25.7 Å². The van der Waals surface area contributed by atoms with Crippen molar-refractivity contribution in [1.29, 1.82) is 0 Å². The fraction of sp³-hybridized carbons (Fsp3) is 0.353. The number of phenolic OH excluding ortho intramolecular Hbond substituents is 1. The molecule has 220 valence electrons. The molecule has 7 rings (SSSR count). The van der Waals surface area contributed by atoms with Crippen LogP contribution in [-0.4, -0.2) is 61.9 Å². The summed E-state index contributed by atoms with van der Waals surface area (Å²) in [5.74, 6) is -2.92. The number of carbonyl (C=O) groups is 4. The Morgan fingerprint density at radius 3 is 2.37 bits per heavy atom. The molecule has 2 heterocycles. The van der Waals surface area contributed by atoms with Gasteiger partial charge in [0.1, 0.15) is 11.5 Å². The van der Waals surface area contributed by atoms with E-state index in [1.807, 2.05) is 30.3 Å². The molecule has 4 atom stereocenters. The van der Waals surface area contributed by atoms with Gasteiger partial charge < -0.3 is 19.5 Å². The van der Waals surface area contributed by atoms with Gasteiger partial charge >= 0.3 is 0 Å². The molecule has 5 aliphatic rings. The van der Waals surface area contributed by atoms with Crippen LogP contribution in [0.25, 0.3) is 0 Å². The number of Topliss-reactive ketones (excluding diaryl/α,β-unsaturated/α-hetero) is 1. The van der Waals surface area contributed by atoms with Crippen molar-refractivity contribution in [3.05, 3.63) is 82.5 Å². The topological polar surface area (TPSA) is 113 Å². The van der Waals surface area contributed by atoms with Crippen LogP contribution >= 0.6 is 0 Å². The van der Waals surface area contributed by atoms with Crippen molar-refractivity contribution in [3.8, 4) is 11.5 Å². The second kappa shape index (κ2) is 10.3. The van der Waals surface area contributed by atoms with Crippen LogP contribution in [0.3, 0.4) is 0 Å². The van der Waals surface area contributed by atoms with Gasteiger partial charge in [0, 0.05) is 53.0 Å². The lowest BCUT2D eigenvalue weighted by Crippen LogP contribution is -2.40. The summed E-state index contributed by atoms with van der Waals surface area (Å²) in [6.07, 6.45) is 3.90. The molecule has 2 fully saturated rings. The van der Waals surface area contributed by atoms with Crippen LogP contribution in [-0.2, 0) is 23.9 Å². The molecule has 2 aliphatic heterocycles. The molecule has 2 aromatic carbocycles. The number of carbonyl (C=O) groups excluding carboxylic acids is 4. The lowest BCUT2D eigenvalue weighted by atomic mass is 9.59. The minimum Gasteiger partial charge on any atom is -0.508 e. The van der Waals surface area contributed by atoms with Gasteiger partial charge in [-0.1, -0.05) is 17.7 Å². The monoisotopic (exact) mass is 580 g/mol. The molecule has 9 nitrogen and oxygen atoms in total. The summed E-state index contributed by atoms with van der Waals surface area (Å²) >= 11 is 0. The molecule has 43 heavy (non-hydrogen) atoms. The number of ether oxygens (including phenoxy) is 2. The smallest absolute Gasteiger partial charge is 0.238 e. The van der Waals surface area contributed by atoms with Crippen LogP contribution in [0.15, 0.2) is 76.9 Å². The minimum absolute atomic E-state index is 0.00817. The SMILES string of the molecule is COc1cc(O)ccc1[C@H]1C2=CC[C@@H]3C(=O)N(c4ccc(N5CCOCC5)cc4)C(=O)[C@@H]3[C@@H]2CC2=C1C(=O)C(C)=CC2=O. The number of aromatic hydroxyl groups is 1. The zero-order valence-electron chi connectivity index (χ0n) is 24.0. The van der Waals surface area contributed by atoms with Crippen LogP contribution in [0.4, 0.5) is 11.4 Å². The zero-order chi connectivity index (χ0) is 30.0. The summed E-state index contributed by atoms with van der Waals surface area (Å²) in [4.78, 5) is 58.5. The number of rotatable bonds is 4. The minimum atomic E-state index is -0.666. The number of morpholine rings is 1. The number of imide groups is 1. The molecule has 2 saturated heterocycles. The predicted molar refractivity (Wildman–Crippen MR) is 158 cm³/mol. The molecule has 2 amide bonds. The number of nitrogens with zero attached hydrogens (tertiary/aromatic N) is 2. The molecule has 1 N–H and O–H groups in total. The first-order valence-electron chi connectivity index (χ1n) is 14.7. The molecule has 3 aliphatic carbocycles.